The third kappa shape index (κ3) is 4.18. The van der Waals surface area contributed by atoms with Crippen molar-refractivity contribution in [3.05, 3.63) is 57.3 Å². The van der Waals surface area contributed by atoms with Crippen LogP contribution in [0.3, 0.4) is 0 Å². The molecule has 1 N–H and O–H groups in total. The number of nitrogens with one attached hydrogen (secondary N) is 1. The van der Waals surface area contributed by atoms with E-state index in [1.165, 1.54) is 40.8 Å². The number of carbonyl (C=O) groups excluding carboxylic acids is 2. The molecule has 5 rings (SSSR count). The zero-order valence-corrected chi connectivity index (χ0v) is 18.3. The molecule has 0 spiro atoms. The van der Waals surface area contributed by atoms with Crippen LogP contribution >= 0.6 is 11.3 Å². The molecule has 2 aromatic rings. The van der Waals surface area contributed by atoms with Crippen molar-refractivity contribution in [3.63, 3.8) is 0 Å². The fourth-order valence-electron chi connectivity index (χ4n) is 4.92. The number of hydrogen-bond acceptors (Lipinski definition) is 3. The summed E-state index contributed by atoms with van der Waals surface area (Å²) in [5.74, 6) is 0.694. The number of hydrogen-bond donors (Lipinski definition) is 1. The Hall–Kier alpha value is -2.14. The maximum atomic E-state index is 13.2. The number of aryl methyl sites for hydroxylation is 2. The summed E-state index contributed by atoms with van der Waals surface area (Å²) in [4.78, 5) is 28.6. The first-order valence-corrected chi connectivity index (χ1v) is 12.3. The highest BCUT2D eigenvalue weighted by atomic mass is 32.1. The Morgan fingerprint density at radius 1 is 0.967 bits per heavy atom. The van der Waals surface area contributed by atoms with E-state index in [9.17, 15) is 9.59 Å². The lowest BCUT2D eigenvalue weighted by Crippen LogP contribution is -2.44. The molecule has 2 heterocycles. The zero-order valence-electron chi connectivity index (χ0n) is 17.4. The predicted molar refractivity (Wildman–Crippen MR) is 119 cm³/mol. The Bertz CT molecular complexity index is 911. The van der Waals surface area contributed by atoms with Gasteiger partial charge < -0.3 is 10.2 Å². The SMILES string of the molecule is O=C(NC(c1ccc2c(c1)CCCC2)c1cccs1)C1CCN(C(=O)C2CC2)CC1. The van der Waals surface area contributed by atoms with Gasteiger partial charge in [-0.1, -0.05) is 24.3 Å². The molecular formula is C25H30N2O2S. The van der Waals surface area contributed by atoms with Gasteiger partial charge in [0.25, 0.3) is 0 Å². The molecule has 3 aliphatic rings. The normalized spacial score (nSPS) is 20.5. The van der Waals surface area contributed by atoms with Gasteiger partial charge in [-0.05, 0) is 79.5 Å². The Morgan fingerprint density at radius 3 is 2.43 bits per heavy atom. The Balaban J connectivity index is 1.29. The van der Waals surface area contributed by atoms with Crippen LogP contribution in [0.4, 0.5) is 0 Å². The van der Waals surface area contributed by atoms with Crippen LogP contribution in [-0.2, 0) is 22.4 Å². The van der Waals surface area contributed by atoms with E-state index in [4.69, 9.17) is 0 Å². The van der Waals surface area contributed by atoms with Gasteiger partial charge in [-0.25, -0.2) is 0 Å². The van der Waals surface area contributed by atoms with E-state index in [0.29, 0.717) is 5.91 Å². The van der Waals surface area contributed by atoms with Crippen molar-refractivity contribution in [2.45, 2.75) is 57.4 Å². The molecule has 30 heavy (non-hydrogen) atoms. The Labute approximate surface area is 182 Å². The van der Waals surface area contributed by atoms with Crippen LogP contribution in [0.1, 0.15) is 66.1 Å². The van der Waals surface area contributed by atoms with Crippen LogP contribution in [-0.4, -0.2) is 29.8 Å². The van der Waals surface area contributed by atoms with E-state index in [0.717, 1.165) is 45.2 Å². The number of piperidine rings is 1. The summed E-state index contributed by atoms with van der Waals surface area (Å²) in [6, 6.07) is 10.9. The molecule has 4 nitrogen and oxygen atoms in total. The Kier molecular flexibility index (Phi) is 5.64. The minimum absolute atomic E-state index is 0.00616. The van der Waals surface area contributed by atoms with Crippen molar-refractivity contribution in [2.75, 3.05) is 13.1 Å². The molecule has 1 unspecified atom stereocenters. The molecule has 5 heteroatoms. The van der Waals surface area contributed by atoms with Crippen molar-refractivity contribution in [1.29, 1.82) is 0 Å². The van der Waals surface area contributed by atoms with E-state index in [2.05, 4.69) is 41.0 Å². The maximum Gasteiger partial charge on any atom is 0.225 e. The summed E-state index contributed by atoms with van der Waals surface area (Å²) in [6.45, 7) is 1.44. The number of likely N-dealkylation sites (tertiary alicyclic amines) is 1. The summed E-state index contributed by atoms with van der Waals surface area (Å²) in [5.41, 5.74) is 4.10. The van der Waals surface area contributed by atoms with E-state index in [1.54, 1.807) is 11.3 Å². The molecule has 2 aliphatic carbocycles. The van der Waals surface area contributed by atoms with Gasteiger partial charge in [0, 0.05) is 29.8 Å². The van der Waals surface area contributed by atoms with Gasteiger partial charge in [0.2, 0.25) is 11.8 Å². The summed E-state index contributed by atoms with van der Waals surface area (Å²) < 4.78 is 0. The molecule has 0 bridgehead atoms. The van der Waals surface area contributed by atoms with Crippen LogP contribution in [0.2, 0.25) is 0 Å². The van der Waals surface area contributed by atoms with Gasteiger partial charge >= 0.3 is 0 Å². The zero-order chi connectivity index (χ0) is 20.5. The second kappa shape index (κ2) is 8.54. The van der Waals surface area contributed by atoms with Crippen LogP contribution in [0.15, 0.2) is 35.7 Å². The van der Waals surface area contributed by atoms with Crippen molar-refractivity contribution in [2.24, 2.45) is 11.8 Å². The molecule has 1 saturated heterocycles. The average molecular weight is 423 g/mol. The standard InChI is InChI=1S/C25H30N2O2S/c28-24(18-11-13-27(14-12-18)25(29)19-8-9-19)26-23(22-6-3-15-30-22)21-10-7-17-4-1-2-5-20(17)16-21/h3,6-7,10,15-16,18-19,23H,1-2,4-5,8-9,11-14H2,(H,26,28). The van der Waals surface area contributed by atoms with Crippen LogP contribution in [0.5, 0.6) is 0 Å². The summed E-state index contributed by atoms with van der Waals surface area (Å²) in [7, 11) is 0. The lowest BCUT2D eigenvalue weighted by atomic mass is 9.88. The third-order valence-electron chi connectivity index (χ3n) is 6.92. The molecule has 1 aliphatic heterocycles. The minimum atomic E-state index is -0.0872. The quantitative estimate of drug-likeness (QED) is 0.772. The second-order valence-electron chi connectivity index (χ2n) is 9.07. The number of thiophene rings is 1. The fraction of sp³-hybridized carbons (Fsp3) is 0.520. The average Bonchev–Trinajstić information content (AvgIpc) is 3.51. The molecule has 158 valence electrons. The molecule has 0 radical (unpaired) electrons. The van der Waals surface area contributed by atoms with Gasteiger partial charge in [0.05, 0.1) is 6.04 Å². The maximum absolute atomic E-state index is 13.2. The van der Waals surface area contributed by atoms with E-state index in [-0.39, 0.29) is 23.8 Å². The van der Waals surface area contributed by atoms with E-state index >= 15 is 0 Å². The molecule has 1 saturated carbocycles. The van der Waals surface area contributed by atoms with Gasteiger partial charge in [-0.15, -0.1) is 11.3 Å². The topological polar surface area (TPSA) is 49.4 Å². The highest BCUT2D eigenvalue weighted by Crippen LogP contribution is 2.33. The van der Waals surface area contributed by atoms with Crippen molar-refractivity contribution >= 4 is 23.2 Å². The first kappa shape index (κ1) is 19.8. The monoisotopic (exact) mass is 422 g/mol. The van der Waals surface area contributed by atoms with E-state index in [1.807, 2.05) is 4.90 Å². The summed E-state index contributed by atoms with van der Waals surface area (Å²) >= 11 is 1.70. The molecule has 2 fully saturated rings. The highest BCUT2D eigenvalue weighted by molar-refractivity contribution is 7.10. The highest BCUT2D eigenvalue weighted by Gasteiger charge is 2.36. The lowest BCUT2D eigenvalue weighted by molar-refractivity contribution is -0.136. The number of fused-ring (bicyclic) bond motifs is 1. The number of benzene rings is 1. The smallest absolute Gasteiger partial charge is 0.225 e. The summed E-state index contributed by atoms with van der Waals surface area (Å²) in [6.07, 6.45) is 8.47. The van der Waals surface area contributed by atoms with Crippen LogP contribution in [0, 0.1) is 11.8 Å². The molecular weight excluding hydrogens is 392 g/mol. The third-order valence-corrected chi connectivity index (χ3v) is 7.86. The Morgan fingerprint density at radius 2 is 1.73 bits per heavy atom. The number of amides is 2. The molecule has 2 amide bonds. The van der Waals surface area contributed by atoms with Gasteiger partial charge in [-0.2, -0.15) is 0 Å². The molecule has 1 aromatic heterocycles. The largest absolute Gasteiger partial charge is 0.344 e. The minimum Gasteiger partial charge on any atom is -0.344 e. The lowest BCUT2D eigenvalue weighted by Gasteiger charge is -2.32. The van der Waals surface area contributed by atoms with E-state index < -0.39 is 0 Å². The first-order valence-electron chi connectivity index (χ1n) is 11.4. The molecule has 1 atom stereocenters. The van der Waals surface area contributed by atoms with Crippen LogP contribution < -0.4 is 5.32 Å². The van der Waals surface area contributed by atoms with Crippen LogP contribution in [0.25, 0.3) is 0 Å². The summed E-state index contributed by atoms with van der Waals surface area (Å²) in [5, 5.41) is 5.44. The predicted octanol–water partition coefficient (Wildman–Crippen LogP) is 4.48. The van der Waals surface area contributed by atoms with Gasteiger partial charge in [0.15, 0.2) is 0 Å². The van der Waals surface area contributed by atoms with Crippen molar-refractivity contribution in [1.82, 2.24) is 10.2 Å². The fourth-order valence-corrected chi connectivity index (χ4v) is 5.72. The van der Waals surface area contributed by atoms with Gasteiger partial charge in [-0.3, -0.25) is 9.59 Å². The van der Waals surface area contributed by atoms with Gasteiger partial charge in [0.1, 0.15) is 0 Å². The van der Waals surface area contributed by atoms with Crippen molar-refractivity contribution in [3.8, 4) is 0 Å². The first-order chi connectivity index (χ1) is 14.7. The number of rotatable bonds is 5. The number of nitrogens with zero attached hydrogens (tertiary/aromatic N) is 1. The number of carbonyl (C=O) groups is 2. The molecule has 1 aromatic carbocycles. The van der Waals surface area contributed by atoms with Crippen molar-refractivity contribution < 1.29 is 9.59 Å². The second-order valence-corrected chi connectivity index (χ2v) is 10.0.